The Morgan fingerprint density at radius 3 is 2.69 bits per heavy atom. The summed E-state index contributed by atoms with van der Waals surface area (Å²) in [5, 5.41) is 0. The second kappa shape index (κ2) is 4.41. The molecule has 3 nitrogen and oxygen atoms in total. The monoisotopic (exact) mass is 217 g/mol. The molecule has 0 bridgehead atoms. The molecule has 1 aromatic heterocycles. The molecule has 0 aliphatic heterocycles. The SMILES string of the molecule is COc1cccc(C(N)c2coc(C)c2)c1. The van der Waals surface area contributed by atoms with E-state index in [-0.39, 0.29) is 6.04 Å². The summed E-state index contributed by atoms with van der Waals surface area (Å²) in [6, 6.07) is 9.53. The molecule has 0 aliphatic rings. The van der Waals surface area contributed by atoms with Gasteiger partial charge in [0.05, 0.1) is 19.4 Å². The lowest BCUT2D eigenvalue weighted by atomic mass is 10.0. The second-order valence-corrected chi connectivity index (χ2v) is 3.74. The normalized spacial score (nSPS) is 12.4. The maximum atomic E-state index is 6.14. The number of benzene rings is 1. The Morgan fingerprint density at radius 2 is 2.06 bits per heavy atom. The van der Waals surface area contributed by atoms with E-state index in [2.05, 4.69) is 0 Å². The molecule has 2 rings (SSSR count). The van der Waals surface area contributed by atoms with Crippen LogP contribution in [0.15, 0.2) is 41.0 Å². The molecule has 0 radical (unpaired) electrons. The molecule has 2 aromatic rings. The molecule has 0 saturated carbocycles. The first-order valence-electron chi connectivity index (χ1n) is 5.15. The number of ether oxygens (including phenoxy) is 1. The van der Waals surface area contributed by atoms with Crippen molar-refractivity contribution in [3.05, 3.63) is 53.5 Å². The van der Waals surface area contributed by atoms with Crippen molar-refractivity contribution in [1.82, 2.24) is 0 Å². The van der Waals surface area contributed by atoms with Crippen LogP contribution in [0.25, 0.3) is 0 Å². The minimum Gasteiger partial charge on any atom is -0.497 e. The van der Waals surface area contributed by atoms with E-state index in [1.807, 2.05) is 37.3 Å². The number of nitrogens with two attached hydrogens (primary N) is 1. The first kappa shape index (κ1) is 10.8. The van der Waals surface area contributed by atoms with Gasteiger partial charge in [-0.05, 0) is 30.7 Å². The van der Waals surface area contributed by atoms with E-state index in [1.165, 1.54) is 0 Å². The van der Waals surface area contributed by atoms with E-state index in [0.717, 1.165) is 22.6 Å². The summed E-state index contributed by atoms with van der Waals surface area (Å²) in [5.41, 5.74) is 8.13. The van der Waals surface area contributed by atoms with Gasteiger partial charge in [0.25, 0.3) is 0 Å². The lowest BCUT2D eigenvalue weighted by Crippen LogP contribution is -2.10. The fraction of sp³-hybridized carbons (Fsp3) is 0.231. The Morgan fingerprint density at radius 1 is 1.25 bits per heavy atom. The second-order valence-electron chi connectivity index (χ2n) is 3.74. The van der Waals surface area contributed by atoms with E-state index in [1.54, 1.807) is 13.4 Å². The minimum atomic E-state index is -0.174. The largest absolute Gasteiger partial charge is 0.497 e. The van der Waals surface area contributed by atoms with Crippen LogP contribution in [0.4, 0.5) is 0 Å². The molecule has 0 amide bonds. The summed E-state index contributed by atoms with van der Waals surface area (Å²) in [4.78, 5) is 0. The Bertz CT molecular complexity index is 476. The molecule has 16 heavy (non-hydrogen) atoms. The first-order valence-corrected chi connectivity index (χ1v) is 5.15. The van der Waals surface area contributed by atoms with Gasteiger partial charge in [-0.3, -0.25) is 0 Å². The summed E-state index contributed by atoms with van der Waals surface area (Å²) in [6.45, 7) is 1.90. The molecule has 0 spiro atoms. The van der Waals surface area contributed by atoms with Gasteiger partial charge >= 0.3 is 0 Å². The van der Waals surface area contributed by atoms with Crippen LogP contribution in [-0.4, -0.2) is 7.11 Å². The van der Waals surface area contributed by atoms with E-state index in [0.29, 0.717) is 0 Å². The molecule has 84 valence electrons. The van der Waals surface area contributed by atoms with Crippen LogP contribution in [0.3, 0.4) is 0 Å². The predicted molar refractivity (Wildman–Crippen MR) is 62.5 cm³/mol. The van der Waals surface area contributed by atoms with Crippen LogP contribution >= 0.6 is 0 Å². The number of furan rings is 1. The fourth-order valence-electron chi connectivity index (χ4n) is 1.65. The summed E-state index contributed by atoms with van der Waals surface area (Å²) < 4.78 is 10.4. The third-order valence-electron chi connectivity index (χ3n) is 2.56. The van der Waals surface area contributed by atoms with Crippen molar-refractivity contribution in [3.63, 3.8) is 0 Å². The van der Waals surface area contributed by atoms with Crippen molar-refractivity contribution < 1.29 is 9.15 Å². The molecule has 0 saturated heterocycles. The smallest absolute Gasteiger partial charge is 0.119 e. The van der Waals surface area contributed by atoms with Crippen molar-refractivity contribution in [2.45, 2.75) is 13.0 Å². The maximum Gasteiger partial charge on any atom is 0.119 e. The number of hydrogen-bond acceptors (Lipinski definition) is 3. The zero-order chi connectivity index (χ0) is 11.5. The van der Waals surface area contributed by atoms with Crippen LogP contribution in [0.1, 0.15) is 22.9 Å². The molecule has 1 heterocycles. The van der Waals surface area contributed by atoms with Gasteiger partial charge in [-0.25, -0.2) is 0 Å². The van der Waals surface area contributed by atoms with Crippen molar-refractivity contribution in [1.29, 1.82) is 0 Å². The average Bonchev–Trinajstić information content (AvgIpc) is 2.75. The molecule has 3 heteroatoms. The van der Waals surface area contributed by atoms with Gasteiger partial charge in [0.15, 0.2) is 0 Å². The molecular formula is C13H15NO2. The molecule has 2 N–H and O–H groups in total. The zero-order valence-electron chi connectivity index (χ0n) is 9.44. The number of hydrogen-bond donors (Lipinski definition) is 1. The van der Waals surface area contributed by atoms with Crippen molar-refractivity contribution in [2.24, 2.45) is 5.73 Å². The Hall–Kier alpha value is -1.74. The molecule has 0 fully saturated rings. The summed E-state index contributed by atoms with van der Waals surface area (Å²) in [5.74, 6) is 1.68. The fourth-order valence-corrected chi connectivity index (χ4v) is 1.65. The highest BCUT2D eigenvalue weighted by Crippen LogP contribution is 2.24. The Balaban J connectivity index is 2.29. The van der Waals surface area contributed by atoms with Gasteiger partial charge in [-0.1, -0.05) is 12.1 Å². The first-order chi connectivity index (χ1) is 7.70. The Kier molecular flexibility index (Phi) is 2.97. The summed E-state index contributed by atoms with van der Waals surface area (Å²) >= 11 is 0. The third kappa shape index (κ3) is 2.09. The van der Waals surface area contributed by atoms with E-state index in [4.69, 9.17) is 14.9 Å². The highest BCUT2D eigenvalue weighted by atomic mass is 16.5. The van der Waals surface area contributed by atoms with Gasteiger partial charge in [0, 0.05) is 5.56 Å². The lowest BCUT2D eigenvalue weighted by molar-refractivity contribution is 0.414. The van der Waals surface area contributed by atoms with Crippen LogP contribution in [0, 0.1) is 6.92 Å². The topological polar surface area (TPSA) is 48.4 Å². The van der Waals surface area contributed by atoms with Gasteiger partial charge in [-0.2, -0.15) is 0 Å². The van der Waals surface area contributed by atoms with E-state index >= 15 is 0 Å². The number of methoxy groups -OCH3 is 1. The van der Waals surface area contributed by atoms with Crippen molar-refractivity contribution in [3.8, 4) is 5.75 Å². The lowest BCUT2D eigenvalue weighted by Gasteiger charge is -2.10. The van der Waals surface area contributed by atoms with Gasteiger partial charge in [0.2, 0.25) is 0 Å². The molecule has 0 aliphatic carbocycles. The zero-order valence-corrected chi connectivity index (χ0v) is 9.44. The standard InChI is InChI=1S/C13H15NO2/c1-9-6-11(8-16-9)13(14)10-4-3-5-12(7-10)15-2/h3-8,13H,14H2,1-2H3. The quantitative estimate of drug-likeness (QED) is 0.859. The molecular weight excluding hydrogens is 202 g/mol. The number of aryl methyl sites for hydroxylation is 1. The third-order valence-corrected chi connectivity index (χ3v) is 2.56. The predicted octanol–water partition coefficient (Wildman–Crippen LogP) is 2.64. The summed E-state index contributed by atoms with van der Waals surface area (Å²) in [6.07, 6.45) is 1.69. The number of rotatable bonds is 3. The molecule has 1 atom stereocenters. The van der Waals surface area contributed by atoms with E-state index < -0.39 is 0 Å². The summed E-state index contributed by atoms with van der Waals surface area (Å²) in [7, 11) is 1.65. The van der Waals surface area contributed by atoms with Crippen LogP contribution in [0.2, 0.25) is 0 Å². The minimum absolute atomic E-state index is 0.174. The van der Waals surface area contributed by atoms with E-state index in [9.17, 15) is 0 Å². The van der Waals surface area contributed by atoms with Crippen LogP contribution in [-0.2, 0) is 0 Å². The van der Waals surface area contributed by atoms with Crippen molar-refractivity contribution >= 4 is 0 Å². The molecule has 1 aromatic carbocycles. The van der Waals surface area contributed by atoms with Gasteiger partial charge in [0.1, 0.15) is 11.5 Å². The van der Waals surface area contributed by atoms with Crippen LogP contribution in [0.5, 0.6) is 5.75 Å². The van der Waals surface area contributed by atoms with Gasteiger partial charge < -0.3 is 14.9 Å². The van der Waals surface area contributed by atoms with Gasteiger partial charge in [-0.15, -0.1) is 0 Å². The Labute approximate surface area is 94.8 Å². The van der Waals surface area contributed by atoms with Crippen LogP contribution < -0.4 is 10.5 Å². The molecule has 1 unspecified atom stereocenters. The highest BCUT2D eigenvalue weighted by molar-refractivity contribution is 5.35. The average molecular weight is 217 g/mol. The van der Waals surface area contributed by atoms with Crippen molar-refractivity contribution in [2.75, 3.05) is 7.11 Å². The highest BCUT2D eigenvalue weighted by Gasteiger charge is 2.11. The maximum absolute atomic E-state index is 6.14.